The van der Waals surface area contributed by atoms with Crippen LogP contribution in [0.25, 0.3) is 0 Å². The van der Waals surface area contributed by atoms with Gasteiger partial charge in [0.05, 0.1) is 6.10 Å². The van der Waals surface area contributed by atoms with Gasteiger partial charge in [0.1, 0.15) is 0 Å². The summed E-state index contributed by atoms with van der Waals surface area (Å²) in [4.78, 5) is 0. The zero-order valence-electron chi connectivity index (χ0n) is 7.39. The van der Waals surface area contributed by atoms with Gasteiger partial charge in [0, 0.05) is 5.92 Å². The smallest absolute Gasteiger partial charge is 0.0625 e. The molecule has 10 heavy (non-hydrogen) atoms. The van der Waals surface area contributed by atoms with Crippen LogP contribution in [0.3, 0.4) is 0 Å². The lowest BCUT2D eigenvalue weighted by molar-refractivity contribution is 0.0869. The van der Waals surface area contributed by atoms with Crippen molar-refractivity contribution in [3.05, 3.63) is 12.2 Å². The predicted octanol–water partition coefficient (Wildman–Crippen LogP) is 2.22. The summed E-state index contributed by atoms with van der Waals surface area (Å²) in [5.41, 5.74) is 1.06. The van der Waals surface area contributed by atoms with Crippen molar-refractivity contribution in [1.29, 1.82) is 0 Å². The zero-order chi connectivity index (χ0) is 8.31. The maximum absolute atomic E-state index is 9.50. The van der Waals surface area contributed by atoms with Crippen molar-refractivity contribution in [3.63, 3.8) is 0 Å². The Bertz CT molecular complexity index is 116. The Morgan fingerprint density at radius 1 is 1.30 bits per heavy atom. The summed E-state index contributed by atoms with van der Waals surface area (Å²) in [5, 5.41) is 9.50. The number of aliphatic hydroxyl groups excluding tert-OH is 1. The highest BCUT2D eigenvalue weighted by molar-refractivity contribution is 4.97. The van der Waals surface area contributed by atoms with Crippen molar-refractivity contribution in [2.24, 2.45) is 11.8 Å². The molecule has 1 nitrogen and oxygen atoms in total. The van der Waals surface area contributed by atoms with Gasteiger partial charge in [0.2, 0.25) is 0 Å². The van der Waals surface area contributed by atoms with E-state index in [0.29, 0.717) is 5.92 Å². The second-order valence-corrected chi connectivity index (χ2v) is 3.37. The number of hydrogen-bond acceptors (Lipinski definition) is 1. The maximum Gasteiger partial charge on any atom is 0.0625 e. The molecular formula is C9H18O. The van der Waals surface area contributed by atoms with Gasteiger partial charge in [0.25, 0.3) is 0 Å². The first-order chi connectivity index (χ1) is 4.46. The molecule has 2 atom stereocenters. The van der Waals surface area contributed by atoms with Crippen LogP contribution in [0.15, 0.2) is 12.2 Å². The van der Waals surface area contributed by atoms with Crippen molar-refractivity contribution in [2.75, 3.05) is 0 Å². The molecule has 0 unspecified atom stereocenters. The lowest BCUT2D eigenvalue weighted by Gasteiger charge is -2.21. The van der Waals surface area contributed by atoms with Gasteiger partial charge in [-0.3, -0.25) is 0 Å². The zero-order valence-corrected chi connectivity index (χ0v) is 7.39. The molecule has 1 N–H and O–H groups in total. The fraction of sp³-hybridized carbons (Fsp3) is 0.778. The van der Waals surface area contributed by atoms with E-state index in [0.717, 1.165) is 5.57 Å². The second kappa shape index (κ2) is 3.77. The highest BCUT2D eigenvalue weighted by Gasteiger charge is 2.17. The Kier molecular flexibility index (Phi) is 3.66. The van der Waals surface area contributed by atoms with Crippen LogP contribution in [-0.4, -0.2) is 11.2 Å². The minimum atomic E-state index is -0.238. The number of hydrogen-bond donors (Lipinski definition) is 1. The molecule has 0 radical (unpaired) electrons. The Hall–Kier alpha value is -0.300. The highest BCUT2D eigenvalue weighted by Crippen LogP contribution is 2.18. The van der Waals surface area contributed by atoms with Gasteiger partial charge in [-0.15, -0.1) is 0 Å². The lowest BCUT2D eigenvalue weighted by Crippen LogP contribution is -2.23. The van der Waals surface area contributed by atoms with Crippen molar-refractivity contribution in [3.8, 4) is 0 Å². The SMILES string of the molecule is C=C(C)[C@@H](C)[C@@H](O)C(C)C. The fourth-order valence-electron chi connectivity index (χ4n) is 0.869. The van der Waals surface area contributed by atoms with Crippen LogP contribution in [0.1, 0.15) is 27.7 Å². The van der Waals surface area contributed by atoms with Gasteiger partial charge in [-0.1, -0.05) is 32.9 Å². The van der Waals surface area contributed by atoms with E-state index in [-0.39, 0.29) is 12.0 Å². The van der Waals surface area contributed by atoms with E-state index < -0.39 is 0 Å². The van der Waals surface area contributed by atoms with E-state index in [4.69, 9.17) is 0 Å². The van der Waals surface area contributed by atoms with Crippen LogP contribution >= 0.6 is 0 Å². The first kappa shape index (κ1) is 9.70. The Morgan fingerprint density at radius 2 is 1.70 bits per heavy atom. The van der Waals surface area contributed by atoms with E-state index >= 15 is 0 Å². The topological polar surface area (TPSA) is 20.2 Å². The molecule has 0 saturated carbocycles. The molecule has 0 aliphatic heterocycles. The molecule has 0 aromatic heterocycles. The molecule has 0 spiro atoms. The van der Waals surface area contributed by atoms with Crippen molar-refractivity contribution < 1.29 is 5.11 Å². The van der Waals surface area contributed by atoms with E-state index in [2.05, 4.69) is 6.58 Å². The summed E-state index contributed by atoms with van der Waals surface area (Å²) in [6.45, 7) is 11.8. The summed E-state index contributed by atoms with van der Waals surface area (Å²) in [6, 6.07) is 0. The molecule has 0 aliphatic rings. The first-order valence-corrected chi connectivity index (χ1v) is 3.80. The third kappa shape index (κ3) is 2.53. The second-order valence-electron chi connectivity index (χ2n) is 3.37. The molecule has 1 heteroatoms. The summed E-state index contributed by atoms with van der Waals surface area (Å²) < 4.78 is 0. The lowest BCUT2D eigenvalue weighted by atomic mass is 9.90. The normalized spacial score (nSPS) is 17.0. The minimum Gasteiger partial charge on any atom is -0.392 e. The van der Waals surface area contributed by atoms with Crippen LogP contribution in [0.4, 0.5) is 0 Å². The summed E-state index contributed by atoms with van der Waals surface area (Å²) in [6.07, 6.45) is -0.238. The molecule has 0 fully saturated rings. The molecule has 0 aromatic rings. The van der Waals surface area contributed by atoms with Gasteiger partial charge >= 0.3 is 0 Å². The van der Waals surface area contributed by atoms with Crippen LogP contribution in [0.2, 0.25) is 0 Å². The van der Waals surface area contributed by atoms with Crippen LogP contribution in [0, 0.1) is 11.8 Å². The quantitative estimate of drug-likeness (QED) is 0.599. The molecule has 60 valence electrons. The molecule has 0 rings (SSSR count). The van der Waals surface area contributed by atoms with E-state index in [9.17, 15) is 5.11 Å². The Morgan fingerprint density at radius 3 is 1.80 bits per heavy atom. The van der Waals surface area contributed by atoms with E-state index in [1.165, 1.54) is 0 Å². The monoisotopic (exact) mass is 142 g/mol. The average Bonchev–Trinajstić information content (AvgIpc) is 1.84. The van der Waals surface area contributed by atoms with Crippen molar-refractivity contribution >= 4 is 0 Å². The van der Waals surface area contributed by atoms with Gasteiger partial charge < -0.3 is 5.11 Å². The molecule has 0 bridgehead atoms. The Labute approximate surface area is 63.8 Å². The largest absolute Gasteiger partial charge is 0.392 e. The predicted molar refractivity (Wildman–Crippen MR) is 44.8 cm³/mol. The first-order valence-electron chi connectivity index (χ1n) is 3.80. The van der Waals surface area contributed by atoms with Gasteiger partial charge in [-0.2, -0.15) is 0 Å². The van der Waals surface area contributed by atoms with Crippen molar-refractivity contribution in [1.82, 2.24) is 0 Å². The van der Waals surface area contributed by atoms with Crippen LogP contribution < -0.4 is 0 Å². The molecule has 0 amide bonds. The number of aliphatic hydroxyl groups is 1. The van der Waals surface area contributed by atoms with Gasteiger partial charge in [-0.05, 0) is 12.8 Å². The minimum absolute atomic E-state index is 0.222. The van der Waals surface area contributed by atoms with Crippen molar-refractivity contribution in [2.45, 2.75) is 33.8 Å². The van der Waals surface area contributed by atoms with Gasteiger partial charge in [-0.25, -0.2) is 0 Å². The molecular weight excluding hydrogens is 124 g/mol. The standard InChI is InChI=1S/C9H18O/c1-6(2)8(5)9(10)7(3)4/h7-10H,1H2,2-5H3/t8-,9+/m1/s1. The third-order valence-corrected chi connectivity index (χ3v) is 1.97. The van der Waals surface area contributed by atoms with E-state index in [1.54, 1.807) is 0 Å². The van der Waals surface area contributed by atoms with E-state index in [1.807, 2.05) is 27.7 Å². The summed E-state index contributed by atoms with van der Waals surface area (Å²) in [7, 11) is 0. The Balaban J connectivity index is 3.94. The maximum atomic E-state index is 9.50. The molecule has 0 heterocycles. The fourth-order valence-corrected chi connectivity index (χ4v) is 0.869. The number of rotatable bonds is 3. The summed E-state index contributed by atoms with van der Waals surface area (Å²) in [5.74, 6) is 0.548. The van der Waals surface area contributed by atoms with Crippen LogP contribution in [0.5, 0.6) is 0 Å². The van der Waals surface area contributed by atoms with Crippen LogP contribution in [-0.2, 0) is 0 Å². The van der Waals surface area contributed by atoms with Gasteiger partial charge in [0.15, 0.2) is 0 Å². The summed E-state index contributed by atoms with van der Waals surface area (Å²) >= 11 is 0. The molecule has 0 saturated heterocycles. The molecule has 0 aromatic carbocycles. The molecule has 0 aliphatic carbocycles. The highest BCUT2D eigenvalue weighted by atomic mass is 16.3. The average molecular weight is 142 g/mol. The third-order valence-electron chi connectivity index (χ3n) is 1.97.